The zero-order chi connectivity index (χ0) is 19.0. The Kier molecular flexibility index (Phi) is 4.27. The normalized spacial score (nSPS) is 13.5. The molecule has 1 saturated carbocycles. The highest BCUT2D eigenvalue weighted by atomic mass is 16.3. The number of carbonyl (C=O) groups excluding carboxylic acids is 2. The molecular weight excluding hydrogens is 346 g/mol. The number of furan rings is 1. The molecule has 0 saturated heterocycles. The Bertz CT molecular complexity index is 1090. The first kappa shape index (κ1) is 17.1. The van der Waals surface area contributed by atoms with Gasteiger partial charge in [-0.2, -0.15) is 0 Å². The molecule has 1 aliphatic rings. The van der Waals surface area contributed by atoms with E-state index in [9.17, 15) is 14.4 Å². The van der Waals surface area contributed by atoms with Gasteiger partial charge in [0.15, 0.2) is 0 Å². The molecule has 138 valence electrons. The van der Waals surface area contributed by atoms with E-state index in [0.717, 1.165) is 29.4 Å². The van der Waals surface area contributed by atoms with E-state index in [0.29, 0.717) is 5.56 Å². The quantitative estimate of drug-likeness (QED) is 0.722. The van der Waals surface area contributed by atoms with E-state index in [-0.39, 0.29) is 24.1 Å². The topological polar surface area (TPSA) is 93.3 Å². The molecule has 27 heavy (non-hydrogen) atoms. The number of nitrogens with one attached hydrogen (secondary N) is 2. The molecule has 0 radical (unpaired) electrons. The van der Waals surface area contributed by atoms with Gasteiger partial charge in [-0.25, -0.2) is 0 Å². The van der Waals surface area contributed by atoms with Crippen LogP contribution in [0, 0.1) is 0 Å². The third kappa shape index (κ3) is 3.36. The highest BCUT2D eigenvalue weighted by Gasteiger charge is 2.25. The van der Waals surface area contributed by atoms with Crippen molar-refractivity contribution in [3.63, 3.8) is 0 Å². The molecule has 2 amide bonds. The summed E-state index contributed by atoms with van der Waals surface area (Å²) in [6.45, 7) is 0.226. The lowest BCUT2D eigenvalue weighted by Gasteiger charge is -2.12. The van der Waals surface area contributed by atoms with Gasteiger partial charge in [-0.05, 0) is 36.6 Å². The molecule has 7 nitrogen and oxygen atoms in total. The zero-order valence-electron chi connectivity index (χ0n) is 14.8. The van der Waals surface area contributed by atoms with E-state index in [4.69, 9.17) is 4.42 Å². The van der Waals surface area contributed by atoms with Crippen LogP contribution in [0.15, 0.2) is 52.0 Å². The first-order valence-corrected chi connectivity index (χ1v) is 8.79. The van der Waals surface area contributed by atoms with Crippen molar-refractivity contribution in [1.29, 1.82) is 0 Å². The van der Waals surface area contributed by atoms with Gasteiger partial charge in [0.05, 0.1) is 18.4 Å². The van der Waals surface area contributed by atoms with Crippen molar-refractivity contribution in [2.24, 2.45) is 0 Å². The van der Waals surface area contributed by atoms with Crippen LogP contribution in [0.2, 0.25) is 0 Å². The molecule has 3 aromatic rings. The lowest BCUT2D eigenvalue weighted by molar-refractivity contribution is 0.0950. The van der Waals surface area contributed by atoms with Crippen LogP contribution in [0.5, 0.6) is 0 Å². The maximum absolute atomic E-state index is 12.8. The van der Waals surface area contributed by atoms with Gasteiger partial charge in [0.1, 0.15) is 11.1 Å². The largest absolute Gasteiger partial charge is 0.464 e. The smallest absolute Gasteiger partial charge is 0.263 e. The lowest BCUT2D eigenvalue weighted by Crippen LogP contribution is -2.34. The van der Waals surface area contributed by atoms with Crippen LogP contribution < -0.4 is 16.2 Å². The number of amides is 2. The molecular formula is C20H19N3O4. The Hall–Kier alpha value is -3.35. The minimum atomic E-state index is -0.517. The fourth-order valence-electron chi connectivity index (χ4n) is 3.05. The number of carbonyl (C=O) groups is 2. The molecule has 1 fully saturated rings. The van der Waals surface area contributed by atoms with Crippen LogP contribution in [0.4, 0.5) is 0 Å². The molecule has 1 aliphatic carbocycles. The minimum Gasteiger partial charge on any atom is -0.464 e. The van der Waals surface area contributed by atoms with E-state index in [1.165, 1.54) is 23.9 Å². The molecule has 0 spiro atoms. The fourth-order valence-corrected chi connectivity index (χ4v) is 3.05. The number of rotatable bonds is 5. The summed E-state index contributed by atoms with van der Waals surface area (Å²) >= 11 is 0. The molecule has 7 heteroatoms. The van der Waals surface area contributed by atoms with Crippen molar-refractivity contribution < 1.29 is 14.0 Å². The standard InChI is InChI=1S/C20H19N3O4/c1-21-19(25)16-9-13(18(24)22-14-5-6-14)11-23(20(16)26)10-12-3-2-4-17-15(12)7-8-27-17/h2-4,7-9,11,14H,5-6,10H2,1H3,(H,21,25)(H,22,24). The van der Waals surface area contributed by atoms with Gasteiger partial charge < -0.3 is 19.6 Å². The van der Waals surface area contributed by atoms with Crippen LogP contribution >= 0.6 is 0 Å². The zero-order valence-corrected chi connectivity index (χ0v) is 14.8. The summed E-state index contributed by atoms with van der Waals surface area (Å²) in [4.78, 5) is 37.4. The molecule has 1 aromatic carbocycles. The molecule has 2 N–H and O–H groups in total. The molecule has 0 atom stereocenters. The monoisotopic (exact) mass is 365 g/mol. The van der Waals surface area contributed by atoms with Crippen LogP contribution in [0.1, 0.15) is 39.1 Å². The predicted molar refractivity (Wildman–Crippen MR) is 99.9 cm³/mol. The maximum Gasteiger partial charge on any atom is 0.263 e. The number of benzene rings is 1. The Morgan fingerprint density at radius 2 is 2.04 bits per heavy atom. The summed E-state index contributed by atoms with van der Waals surface area (Å²) in [6.07, 6.45) is 5.00. The summed E-state index contributed by atoms with van der Waals surface area (Å²) in [5, 5.41) is 6.24. The molecule has 0 aliphatic heterocycles. The van der Waals surface area contributed by atoms with E-state index in [2.05, 4.69) is 10.6 Å². The van der Waals surface area contributed by atoms with Crippen molar-refractivity contribution >= 4 is 22.8 Å². The lowest BCUT2D eigenvalue weighted by atomic mass is 10.1. The van der Waals surface area contributed by atoms with Crippen molar-refractivity contribution in [2.45, 2.75) is 25.4 Å². The van der Waals surface area contributed by atoms with Crippen LogP contribution in [0.3, 0.4) is 0 Å². The van der Waals surface area contributed by atoms with E-state index in [1.54, 1.807) is 6.26 Å². The highest BCUT2D eigenvalue weighted by Crippen LogP contribution is 2.21. The van der Waals surface area contributed by atoms with Crippen molar-refractivity contribution in [1.82, 2.24) is 15.2 Å². The van der Waals surface area contributed by atoms with Crippen LogP contribution in [0.25, 0.3) is 11.0 Å². The molecule has 0 bridgehead atoms. The Balaban J connectivity index is 1.78. The summed E-state index contributed by atoms with van der Waals surface area (Å²) in [6, 6.07) is 8.95. The van der Waals surface area contributed by atoms with Crippen molar-refractivity contribution in [3.8, 4) is 0 Å². The van der Waals surface area contributed by atoms with Gasteiger partial charge in [0, 0.05) is 24.7 Å². The van der Waals surface area contributed by atoms with Gasteiger partial charge in [-0.1, -0.05) is 12.1 Å². The van der Waals surface area contributed by atoms with E-state index < -0.39 is 11.5 Å². The van der Waals surface area contributed by atoms with Gasteiger partial charge in [-0.3, -0.25) is 14.4 Å². The van der Waals surface area contributed by atoms with Crippen molar-refractivity contribution in [2.75, 3.05) is 7.05 Å². The summed E-state index contributed by atoms with van der Waals surface area (Å²) in [5.74, 6) is -0.797. The number of pyridine rings is 1. The number of hydrogen-bond donors (Lipinski definition) is 2. The highest BCUT2D eigenvalue weighted by molar-refractivity contribution is 5.99. The minimum absolute atomic E-state index is 0.0553. The third-order valence-corrected chi connectivity index (χ3v) is 4.66. The maximum atomic E-state index is 12.8. The molecule has 0 unspecified atom stereocenters. The van der Waals surface area contributed by atoms with E-state index in [1.807, 2.05) is 24.3 Å². The number of aromatic nitrogens is 1. The Labute approximate surface area is 155 Å². The summed E-state index contributed by atoms with van der Waals surface area (Å²) < 4.78 is 6.80. The van der Waals surface area contributed by atoms with Crippen LogP contribution in [-0.4, -0.2) is 29.5 Å². The van der Waals surface area contributed by atoms with E-state index >= 15 is 0 Å². The Morgan fingerprint density at radius 1 is 1.22 bits per heavy atom. The predicted octanol–water partition coefficient (Wildman–Crippen LogP) is 1.89. The van der Waals surface area contributed by atoms with Gasteiger partial charge in [0.2, 0.25) is 0 Å². The Morgan fingerprint density at radius 3 is 2.78 bits per heavy atom. The second-order valence-electron chi connectivity index (χ2n) is 6.65. The van der Waals surface area contributed by atoms with Crippen molar-refractivity contribution in [3.05, 3.63) is 69.8 Å². The van der Waals surface area contributed by atoms with Gasteiger partial charge in [-0.15, -0.1) is 0 Å². The fraction of sp³-hybridized carbons (Fsp3) is 0.250. The third-order valence-electron chi connectivity index (χ3n) is 4.66. The van der Waals surface area contributed by atoms with Gasteiger partial charge >= 0.3 is 0 Å². The van der Waals surface area contributed by atoms with Crippen LogP contribution in [-0.2, 0) is 6.54 Å². The number of hydrogen-bond acceptors (Lipinski definition) is 4. The molecule has 2 aromatic heterocycles. The first-order valence-electron chi connectivity index (χ1n) is 8.79. The molecule has 2 heterocycles. The summed E-state index contributed by atoms with van der Waals surface area (Å²) in [5.41, 5.74) is 1.37. The molecule has 4 rings (SSSR count). The SMILES string of the molecule is CNC(=O)c1cc(C(=O)NC2CC2)cn(Cc2cccc3occc23)c1=O. The average Bonchev–Trinajstić information content (AvgIpc) is 3.35. The number of fused-ring (bicyclic) bond motifs is 1. The average molecular weight is 365 g/mol. The second-order valence-corrected chi connectivity index (χ2v) is 6.65. The van der Waals surface area contributed by atoms with Gasteiger partial charge in [0.25, 0.3) is 17.4 Å². The first-order chi connectivity index (χ1) is 13.1. The summed E-state index contributed by atoms with van der Waals surface area (Å²) in [7, 11) is 1.45. The second kappa shape index (κ2) is 6.75. The number of nitrogens with zero attached hydrogens (tertiary/aromatic N) is 1.